The third kappa shape index (κ3) is 2.71. The van der Waals surface area contributed by atoms with Crippen molar-refractivity contribution in [1.29, 1.82) is 0 Å². The molecule has 1 aromatic heterocycles. The first kappa shape index (κ1) is 13.4. The van der Waals surface area contributed by atoms with Gasteiger partial charge in [0.2, 0.25) is 0 Å². The lowest BCUT2D eigenvalue weighted by atomic mass is 10.1. The predicted molar refractivity (Wildman–Crippen MR) is 75.2 cm³/mol. The summed E-state index contributed by atoms with van der Waals surface area (Å²) in [5, 5.41) is 16.8. The number of oxime groups is 1. The molecular formula is C13H15ClN4O. The third-order valence-electron chi connectivity index (χ3n) is 2.79. The van der Waals surface area contributed by atoms with Crippen LogP contribution in [0.1, 0.15) is 31.0 Å². The molecule has 0 fully saturated rings. The maximum Gasteiger partial charge on any atom is 0.172 e. The first-order valence-corrected chi connectivity index (χ1v) is 6.24. The highest BCUT2D eigenvalue weighted by Crippen LogP contribution is 2.21. The Morgan fingerprint density at radius 3 is 2.74 bits per heavy atom. The van der Waals surface area contributed by atoms with Gasteiger partial charge in [-0.25, -0.2) is 4.68 Å². The highest BCUT2D eigenvalue weighted by molar-refractivity contribution is 6.31. The molecule has 100 valence electrons. The van der Waals surface area contributed by atoms with Gasteiger partial charge in [0.15, 0.2) is 5.84 Å². The van der Waals surface area contributed by atoms with Crippen molar-refractivity contribution in [3.05, 3.63) is 46.7 Å². The van der Waals surface area contributed by atoms with Crippen LogP contribution in [0.2, 0.25) is 5.02 Å². The number of aromatic nitrogens is 2. The van der Waals surface area contributed by atoms with Gasteiger partial charge >= 0.3 is 0 Å². The molecule has 0 aliphatic carbocycles. The molecule has 3 N–H and O–H groups in total. The van der Waals surface area contributed by atoms with Gasteiger partial charge in [-0.3, -0.25) is 0 Å². The SMILES string of the molecule is CC(C)c1ccn(-c2ccc(Cl)cc2C(N)=NO)n1. The number of hydrogen-bond acceptors (Lipinski definition) is 3. The minimum Gasteiger partial charge on any atom is -0.409 e. The number of nitrogens with zero attached hydrogens (tertiary/aromatic N) is 3. The van der Waals surface area contributed by atoms with Crippen LogP contribution in [0.3, 0.4) is 0 Å². The molecule has 1 aromatic carbocycles. The molecule has 0 amide bonds. The number of rotatable bonds is 3. The molecule has 5 nitrogen and oxygen atoms in total. The van der Waals surface area contributed by atoms with Gasteiger partial charge in [-0.15, -0.1) is 0 Å². The minimum atomic E-state index is -0.000836. The topological polar surface area (TPSA) is 76.4 Å². The Balaban J connectivity index is 2.54. The second-order valence-corrected chi connectivity index (χ2v) is 4.92. The zero-order valence-corrected chi connectivity index (χ0v) is 11.5. The Hall–Kier alpha value is -2.01. The van der Waals surface area contributed by atoms with E-state index in [4.69, 9.17) is 22.5 Å². The van der Waals surface area contributed by atoms with Crippen molar-refractivity contribution < 1.29 is 5.21 Å². The van der Waals surface area contributed by atoms with Crippen LogP contribution in [-0.4, -0.2) is 20.8 Å². The van der Waals surface area contributed by atoms with E-state index in [2.05, 4.69) is 24.1 Å². The van der Waals surface area contributed by atoms with E-state index in [1.54, 1.807) is 22.9 Å². The molecule has 2 aromatic rings. The standard InChI is InChI=1S/C13H15ClN4O/c1-8(2)11-5-6-18(16-11)12-4-3-9(14)7-10(12)13(15)17-19/h3-8,19H,1-2H3,(H2,15,17). The zero-order chi connectivity index (χ0) is 14.0. The Labute approximate surface area is 116 Å². The second-order valence-electron chi connectivity index (χ2n) is 4.49. The van der Waals surface area contributed by atoms with Gasteiger partial charge < -0.3 is 10.9 Å². The lowest BCUT2D eigenvalue weighted by Gasteiger charge is -2.09. The van der Waals surface area contributed by atoms with Crippen LogP contribution in [0.15, 0.2) is 35.6 Å². The highest BCUT2D eigenvalue weighted by Gasteiger charge is 2.12. The summed E-state index contributed by atoms with van der Waals surface area (Å²) < 4.78 is 1.69. The van der Waals surface area contributed by atoms with E-state index in [1.807, 2.05) is 12.3 Å². The van der Waals surface area contributed by atoms with Crippen molar-refractivity contribution in [2.75, 3.05) is 0 Å². The van der Waals surface area contributed by atoms with E-state index in [-0.39, 0.29) is 5.84 Å². The van der Waals surface area contributed by atoms with Gasteiger partial charge in [-0.05, 0) is 30.2 Å². The lowest BCUT2D eigenvalue weighted by molar-refractivity contribution is 0.318. The van der Waals surface area contributed by atoms with Crippen LogP contribution in [0.25, 0.3) is 5.69 Å². The van der Waals surface area contributed by atoms with Crippen molar-refractivity contribution in [1.82, 2.24) is 9.78 Å². The highest BCUT2D eigenvalue weighted by atomic mass is 35.5. The van der Waals surface area contributed by atoms with Gasteiger partial charge in [0.1, 0.15) is 0 Å². The van der Waals surface area contributed by atoms with Gasteiger partial charge in [-0.2, -0.15) is 5.10 Å². The number of nitrogens with two attached hydrogens (primary N) is 1. The fourth-order valence-corrected chi connectivity index (χ4v) is 1.92. The largest absolute Gasteiger partial charge is 0.409 e. The molecule has 1 heterocycles. The van der Waals surface area contributed by atoms with E-state index in [1.165, 1.54) is 0 Å². The Morgan fingerprint density at radius 1 is 1.42 bits per heavy atom. The summed E-state index contributed by atoms with van der Waals surface area (Å²) in [6, 6.07) is 7.10. The Morgan fingerprint density at radius 2 is 2.16 bits per heavy atom. The fourth-order valence-electron chi connectivity index (χ4n) is 1.75. The number of benzene rings is 1. The number of hydrogen-bond donors (Lipinski definition) is 2. The molecular weight excluding hydrogens is 264 g/mol. The van der Waals surface area contributed by atoms with Crippen LogP contribution in [-0.2, 0) is 0 Å². The summed E-state index contributed by atoms with van der Waals surface area (Å²) in [6.07, 6.45) is 1.84. The molecule has 0 spiro atoms. The molecule has 6 heteroatoms. The average molecular weight is 279 g/mol. The second kappa shape index (κ2) is 5.32. The monoisotopic (exact) mass is 278 g/mol. The van der Waals surface area contributed by atoms with E-state index in [9.17, 15) is 0 Å². The van der Waals surface area contributed by atoms with Crippen LogP contribution >= 0.6 is 11.6 Å². The smallest absolute Gasteiger partial charge is 0.172 e. The number of halogens is 1. The quantitative estimate of drug-likeness (QED) is 0.392. The molecule has 0 saturated heterocycles. The van der Waals surface area contributed by atoms with Gasteiger partial charge in [-0.1, -0.05) is 30.6 Å². The van der Waals surface area contributed by atoms with E-state index in [0.717, 1.165) is 5.69 Å². The summed E-state index contributed by atoms with van der Waals surface area (Å²) in [5.41, 5.74) is 7.89. The predicted octanol–water partition coefficient (Wildman–Crippen LogP) is 2.74. The molecule has 2 rings (SSSR count). The van der Waals surface area contributed by atoms with Crippen LogP contribution < -0.4 is 5.73 Å². The fraction of sp³-hybridized carbons (Fsp3) is 0.231. The van der Waals surface area contributed by atoms with Gasteiger partial charge in [0.25, 0.3) is 0 Å². The van der Waals surface area contributed by atoms with Crippen molar-refractivity contribution >= 4 is 17.4 Å². The molecule has 19 heavy (non-hydrogen) atoms. The summed E-state index contributed by atoms with van der Waals surface area (Å²) in [7, 11) is 0. The van der Waals surface area contributed by atoms with Crippen molar-refractivity contribution in [2.24, 2.45) is 10.9 Å². The molecule has 0 atom stereocenters. The maximum absolute atomic E-state index is 8.83. The van der Waals surface area contributed by atoms with Crippen LogP contribution in [0, 0.1) is 0 Å². The molecule has 0 aliphatic rings. The average Bonchev–Trinajstić information content (AvgIpc) is 2.87. The van der Waals surface area contributed by atoms with Crippen molar-refractivity contribution in [3.63, 3.8) is 0 Å². The summed E-state index contributed by atoms with van der Waals surface area (Å²) in [4.78, 5) is 0. The summed E-state index contributed by atoms with van der Waals surface area (Å²) in [6.45, 7) is 4.14. The normalized spacial score (nSPS) is 12.1. The maximum atomic E-state index is 8.83. The Kier molecular flexibility index (Phi) is 3.76. The number of amidine groups is 1. The van der Waals surface area contributed by atoms with Gasteiger partial charge in [0, 0.05) is 16.8 Å². The van der Waals surface area contributed by atoms with E-state index in [0.29, 0.717) is 22.2 Å². The first-order valence-electron chi connectivity index (χ1n) is 5.86. The van der Waals surface area contributed by atoms with Gasteiger partial charge in [0.05, 0.1) is 11.4 Å². The molecule has 0 radical (unpaired) electrons. The molecule has 0 unspecified atom stereocenters. The molecule has 0 saturated carbocycles. The van der Waals surface area contributed by atoms with Crippen molar-refractivity contribution in [2.45, 2.75) is 19.8 Å². The minimum absolute atomic E-state index is 0.000836. The van der Waals surface area contributed by atoms with E-state index >= 15 is 0 Å². The molecule has 0 bridgehead atoms. The van der Waals surface area contributed by atoms with Crippen LogP contribution in [0.5, 0.6) is 0 Å². The summed E-state index contributed by atoms with van der Waals surface area (Å²) >= 11 is 5.94. The first-order chi connectivity index (χ1) is 9.02. The zero-order valence-electron chi connectivity index (χ0n) is 10.7. The van der Waals surface area contributed by atoms with Crippen LogP contribution in [0.4, 0.5) is 0 Å². The lowest BCUT2D eigenvalue weighted by Crippen LogP contribution is -2.16. The third-order valence-corrected chi connectivity index (χ3v) is 3.03. The Bertz CT molecular complexity index is 619. The summed E-state index contributed by atoms with van der Waals surface area (Å²) in [5.74, 6) is 0.333. The van der Waals surface area contributed by atoms with E-state index < -0.39 is 0 Å². The van der Waals surface area contributed by atoms with Crippen molar-refractivity contribution in [3.8, 4) is 5.69 Å². The molecule has 0 aliphatic heterocycles.